The number of nitrogens with zero attached hydrogens (tertiary/aromatic N) is 3. The molecular formula is C14H18N4O. The number of nitrogens with one attached hydrogen (secondary N) is 1. The molecular weight excluding hydrogens is 240 g/mol. The fourth-order valence-corrected chi connectivity index (χ4v) is 2.24. The molecule has 0 unspecified atom stereocenters. The summed E-state index contributed by atoms with van der Waals surface area (Å²) in [6.45, 7) is 6.67. The normalized spacial score (nSPS) is 14.4. The predicted molar refractivity (Wildman–Crippen MR) is 74.4 cm³/mol. The highest BCUT2D eigenvalue weighted by Gasteiger charge is 2.19. The molecule has 0 amide bonds. The molecule has 3 rings (SSSR count). The summed E-state index contributed by atoms with van der Waals surface area (Å²) in [5.74, 6) is 1.76. The molecule has 0 saturated carbocycles. The lowest BCUT2D eigenvalue weighted by molar-refractivity contribution is 0.369. The number of hydrogen-bond acceptors (Lipinski definition) is 5. The van der Waals surface area contributed by atoms with Crippen molar-refractivity contribution in [2.45, 2.75) is 26.3 Å². The quantitative estimate of drug-likeness (QED) is 0.917. The van der Waals surface area contributed by atoms with Crippen LogP contribution in [0.25, 0.3) is 0 Å². The van der Waals surface area contributed by atoms with E-state index in [2.05, 4.69) is 46.3 Å². The maximum Gasteiger partial charge on any atom is 0.246 e. The minimum Gasteiger partial charge on any atom is -0.382 e. The smallest absolute Gasteiger partial charge is 0.246 e. The summed E-state index contributed by atoms with van der Waals surface area (Å²) in [7, 11) is 0. The Morgan fingerprint density at radius 1 is 1.37 bits per heavy atom. The fraction of sp³-hybridized carbons (Fsp3) is 0.429. The van der Waals surface area contributed by atoms with Gasteiger partial charge in [-0.2, -0.15) is 4.98 Å². The van der Waals surface area contributed by atoms with Crippen LogP contribution in [0.1, 0.15) is 31.5 Å². The zero-order valence-electron chi connectivity index (χ0n) is 11.3. The summed E-state index contributed by atoms with van der Waals surface area (Å²) in [6, 6.07) is 8.29. The third kappa shape index (κ3) is 2.41. The zero-order chi connectivity index (χ0) is 13.2. The van der Waals surface area contributed by atoms with E-state index in [1.165, 1.54) is 5.69 Å². The van der Waals surface area contributed by atoms with Crippen molar-refractivity contribution >= 4 is 11.4 Å². The van der Waals surface area contributed by atoms with Crippen LogP contribution in [0.4, 0.5) is 11.4 Å². The van der Waals surface area contributed by atoms with Crippen molar-refractivity contribution in [2.75, 3.05) is 23.3 Å². The first kappa shape index (κ1) is 12.0. The summed E-state index contributed by atoms with van der Waals surface area (Å²) >= 11 is 0. The summed E-state index contributed by atoms with van der Waals surface area (Å²) in [6.07, 6.45) is 0. The molecule has 2 aromatic rings. The molecule has 1 N–H and O–H groups in total. The van der Waals surface area contributed by atoms with Crippen LogP contribution in [-0.4, -0.2) is 23.2 Å². The minimum absolute atomic E-state index is 0.299. The number of hydrogen-bond donors (Lipinski definition) is 1. The van der Waals surface area contributed by atoms with E-state index in [1.807, 2.05) is 12.1 Å². The molecule has 0 spiro atoms. The fourth-order valence-electron chi connectivity index (χ4n) is 2.24. The van der Waals surface area contributed by atoms with Gasteiger partial charge >= 0.3 is 0 Å². The molecule has 1 aromatic carbocycles. The van der Waals surface area contributed by atoms with Gasteiger partial charge in [-0.1, -0.05) is 31.1 Å². The highest BCUT2D eigenvalue weighted by molar-refractivity contribution is 5.71. The van der Waals surface area contributed by atoms with Gasteiger partial charge in [0.2, 0.25) is 5.89 Å². The molecule has 5 heteroatoms. The summed E-state index contributed by atoms with van der Waals surface area (Å²) in [4.78, 5) is 6.70. The molecule has 0 fully saturated rings. The van der Waals surface area contributed by atoms with E-state index < -0.39 is 0 Å². The first-order valence-corrected chi connectivity index (χ1v) is 6.64. The Morgan fingerprint density at radius 2 is 2.21 bits per heavy atom. The van der Waals surface area contributed by atoms with E-state index >= 15 is 0 Å². The average Bonchev–Trinajstić information content (AvgIpc) is 2.88. The summed E-state index contributed by atoms with van der Waals surface area (Å²) in [5, 5.41) is 7.40. The summed E-state index contributed by atoms with van der Waals surface area (Å²) < 4.78 is 5.32. The Morgan fingerprint density at radius 3 is 3.00 bits per heavy atom. The molecule has 0 aliphatic carbocycles. The number of anilines is 2. The monoisotopic (exact) mass is 258 g/mol. The number of aromatic nitrogens is 2. The lowest BCUT2D eigenvalue weighted by atomic mass is 10.2. The second-order valence-corrected chi connectivity index (χ2v) is 5.07. The third-order valence-electron chi connectivity index (χ3n) is 3.27. The average molecular weight is 258 g/mol. The molecule has 2 heterocycles. The molecule has 5 nitrogen and oxygen atoms in total. The van der Waals surface area contributed by atoms with Crippen LogP contribution >= 0.6 is 0 Å². The number of rotatable bonds is 3. The lowest BCUT2D eigenvalue weighted by Gasteiger charge is -2.30. The molecule has 1 aliphatic heterocycles. The topological polar surface area (TPSA) is 54.2 Å². The van der Waals surface area contributed by atoms with Crippen molar-refractivity contribution in [1.29, 1.82) is 0 Å². The SMILES string of the molecule is CC(C)c1noc(CN2CCNc3ccccc32)n1. The van der Waals surface area contributed by atoms with Crippen molar-refractivity contribution in [1.82, 2.24) is 10.1 Å². The molecule has 1 aliphatic rings. The highest BCUT2D eigenvalue weighted by Crippen LogP contribution is 2.29. The van der Waals surface area contributed by atoms with E-state index in [0.29, 0.717) is 18.4 Å². The number of para-hydroxylation sites is 2. The van der Waals surface area contributed by atoms with E-state index in [0.717, 1.165) is 24.6 Å². The van der Waals surface area contributed by atoms with E-state index in [1.54, 1.807) is 0 Å². The predicted octanol–water partition coefficient (Wildman–Crippen LogP) is 2.63. The largest absolute Gasteiger partial charge is 0.382 e. The first-order valence-electron chi connectivity index (χ1n) is 6.64. The standard InChI is InChI=1S/C14H18N4O/c1-10(2)14-16-13(19-17-14)9-18-8-7-15-11-5-3-4-6-12(11)18/h3-6,10,15H,7-9H2,1-2H3. The minimum atomic E-state index is 0.299. The third-order valence-corrected chi connectivity index (χ3v) is 3.27. The number of fused-ring (bicyclic) bond motifs is 1. The van der Waals surface area contributed by atoms with Crippen LogP contribution < -0.4 is 10.2 Å². The van der Waals surface area contributed by atoms with Crippen LogP contribution in [0.5, 0.6) is 0 Å². The maximum absolute atomic E-state index is 5.32. The summed E-state index contributed by atoms with van der Waals surface area (Å²) in [5.41, 5.74) is 2.36. The first-order chi connectivity index (χ1) is 9.24. The molecule has 100 valence electrons. The Bertz CT molecular complexity index is 564. The Labute approximate surface area is 112 Å². The van der Waals surface area contributed by atoms with Gasteiger partial charge < -0.3 is 14.7 Å². The Kier molecular flexibility index (Phi) is 3.11. The number of benzene rings is 1. The van der Waals surface area contributed by atoms with Gasteiger partial charge in [0.1, 0.15) is 0 Å². The molecule has 0 bridgehead atoms. The molecule has 1 aromatic heterocycles. The highest BCUT2D eigenvalue weighted by atomic mass is 16.5. The van der Waals surface area contributed by atoms with Crippen LogP contribution in [-0.2, 0) is 6.54 Å². The second kappa shape index (κ2) is 4.91. The van der Waals surface area contributed by atoms with Gasteiger partial charge in [-0.25, -0.2) is 0 Å². The van der Waals surface area contributed by atoms with Gasteiger partial charge in [0.25, 0.3) is 0 Å². The second-order valence-electron chi connectivity index (χ2n) is 5.07. The van der Waals surface area contributed by atoms with Gasteiger partial charge in [-0.3, -0.25) is 0 Å². The molecule has 19 heavy (non-hydrogen) atoms. The zero-order valence-corrected chi connectivity index (χ0v) is 11.3. The van der Waals surface area contributed by atoms with Gasteiger partial charge in [0, 0.05) is 19.0 Å². The van der Waals surface area contributed by atoms with Crippen molar-refractivity contribution < 1.29 is 4.52 Å². The van der Waals surface area contributed by atoms with Gasteiger partial charge in [-0.15, -0.1) is 0 Å². The van der Waals surface area contributed by atoms with Crippen LogP contribution in [0.2, 0.25) is 0 Å². The van der Waals surface area contributed by atoms with Crippen LogP contribution in [0.3, 0.4) is 0 Å². The van der Waals surface area contributed by atoms with Crippen molar-refractivity contribution in [3.63, 3.8) is 0 Å². The van der Waals surface area contributed by atoms with E-state index in [9.17, 15) is 0 Å². The van der Waals surface area contributed by atoms with Crippen LogP contribution in [0, 0.1) is 0 Å². The van der Waals surface area contributed by atoms with Gasteiger partial charge in [0.05, 0.1) is 17.9 Å². The van der Waals surface area contributed by atoms with E-state index in [-0.39, 0.29) is 0 Å². The van der Waals surface area contributed by atoms with Crippen molar-refractivity contribution in [2.24, 2.45) is 0 Å². The van der Waals surface area contributed by atoms with Crippen LogP contribution in [0.15, 0.2) is 28.8 Å². The van der Waals surface area contributed by atoms with Crippen molar-refractivity contribution in [3.05, 3.63) is 36.0 Å². The van der Waals surface area contributed by atoms with Gasteiger partial charge in [0.15, 0.2) is 5.82 Å². The van der Waals surface area contributed by atoms with Crippen molar-refractivity contribution in [3.8, 4) is 0 Å². The maximum atomic E-state index is 5.32. The molecule has 0 atom stereocenters. The van der Waals surface area contributed by atoms with Gasteiger partial charge in [-0.05, 0) is 12.1 Å². The molecule has 0 radical (unpaired) electrons. The Balaban J connectivity index is 1.80. The van der Waals surface area contributed by atoms with E-state index in [4.69, 9.17) is 4.52 Å². The lowest BCUT2D eigenvalue weighted by Crippen LogP contribution is -2.33. The molecule has 0 saturated heterocycles. The Hall–Kier alpha value is -2.04.